The first-order chi connectivity index (χ1) is 7.59. The van der Waals surface area contributed by atoms with E-state index in [0.717, 1.165) is 17.7 Å². The number of hydrogen-bond donors (Lipinski definition) is 1. The molecule has 0 aliphatic carbocycles. The van der Waals surface area contributed by atoms with Crippen molar-refractivity contribution in [3.8, 4) is 0 Å². The highest BCUT2D eigenvalue weighted by Gasteiger charge is 2.32. The third-order valence-corrected chi connectivity index (χ3v) is 3.20. The van der Waals surface area contributed by atoms with E-state index in [1.165, 1.54) is 0 Å². The standard InChI is InChI=1S/C14H17NO/c1-14(2)10-15-9-12(8-13(14)16)11-6-4-3-5-7-11/h3-7,9,15H,8,10H2,1-2H3/p+1. The summed E-state index contributed by atoms with van der Waals surface area (Å²) < 4.78 is 0. The van der Waals surface area contributed by atoms with E-state index in [0.29, 0.717) is 12.2 Å². The van der Waals surface area contributed by atoms with Crippen molar-refractivity contribution in [2.75, 3.05) is 6.54 Å². The summed E-state index contributed by atoms with van der Waals surface area (Å²) >= 11 is 0. The van der Waals surface area contributed by atoms with Crippen LogP contribution in [0.3, 0.4) is 0 Å². The van der Waals surface area contributed by atoms with Crippen LogP contribution in [0.4, 0.5) is 0 Å². The number of carbonyl (C=O) groups is 1. The maximum Gasteiger partial charge on any atom is 0.148 e. The zero-order valence-corrected chi connectivity index (χ0v) is 9.86. The molecule has 1 aromatic rings. The van der Waals surface area contributed by atoms with Gasteiger partial charge in [0.15, 0.2) is 0 Å². The molecule has 2 heteroatoms. The monoisotopic (exact) mass is 216 g/mol. The van der Waals surface area contributed by atoms with Gasteiger partial charge in [-0.1, -0.05) is 30.3 Å². The molecule has 1 heterocycles. The highest BCUT2D eigenvalue weighted by Crippen LogP contribution is 2.25. The fraction of sp³-hybridized carbons (Fsp3) is 0.357. The number of nitrogens with two attached hydrogens (primary N) is 1. The smallest absolute Gasteiger partial charge is 0.148 e. The van der Waals surface area contributed by atoms with Gasteiger partial charge in [-0.05, 0) is 19.4 Å². The number of ketones is 1. The molecule has 0 saturated carbocycles. The SMILES string of the molecule is CC1(C)C[NH2+]C=C(c2ccccc2)CC1=O. The third-order valence-electron chi connectivity index (χ3n) is 3.20. The topological polar surface area (TPSA) is 33.7 Å². The van der Waals surface area contributed by atoms with Crippen LogP contribution < -0.4 is 5.32 Å². The van der Waals surface area contributed by atoms with Crippen LogP contribution in [0.25, 0.3) is 5.57 Å². The molecule has 1 aliphatic heterocycles. The van der Waals surface area contributed by atoms with Gasteiger partial charge in [-0.15, -0.1) is 0 Å². The molecular weight excluding hydrogens is 198 g/mol. The van der Waals surface area contributed by atoms with Gasteiger partial charge >= 0.3 is 0 Å². The molecule has 2 N–H and O–H groups in total. The Labute approximate surface area is 96.4 Å². The minimum Gasteiger partial charge on any atom is -0.319 e. The normalized spacial score (nSPS) is 20.1. The summed E-state index contributed by atoms with van der Waals surface area (Å²) in [5.41, 5.74) is 2.08. The van der Waals surface area contributed by atoms with Crippen molar-refractivity contribution < 1.29 is 10.1 Å². The van der Waals surface area contributed by atoms with E-state index >= 15 is 0 Å². The molecule has 0 saturated heterocycles. The van der Waals surface area contributed by atoms with Crippen molar-refractivity contribution in [2.45, 2.75) is 20.3 Å². The van der Waals surface area contributed by atoms with E-state index in [-0.39, 0.29) is 5.41 Å². The fourth-order valence-corrected chi connectivity index (χ4v) is 1.93. The second-order valence-corrected chi connectivity index (χ2v) is 4.98. The molecule has 0 unspecified atom stereocenters. The molecule has 0 aromatic heterocycles. The zero-order valence-electron chi connectivity index (χ0n) is 9.86. The lowest BCUT2D eigenvalue weighted by molar-refractivity contribution is -0.596. The van der Waals surface area contributed by atoms with Gasteiger partial charge < -0.3 is 5.32 Å². The Balaban J connectivity index is 2.26. The highest BCUT2D eigenvalue weighted by molar-refractivity contribution is 5.93. The quantitative estimate of drug-likeness (QED) is 0.760. The molecule has 1 aromatic carbocycles. The molecule has 1 aliphatic rings. The van der Waals surface area contributed by atoms with Crippen LogP contribution in [0.15, 0.2) is 36.5 Å². The van der Waals surface area contributed by atoms with E-state index in [1.807, 2.05) is 32.0 Å². The second-order valence-electron chi connectivity index (χ2n) is 4.98. The molecule has 16 heavy (non-hydrogen) atoms. The van der Waals surface area contributed by atoms with Crippen molar-refractivity contribution in [3.05, 3.63) is 42.1 Å². The van der Waals surface area contributed by atoms with Crippen LogP contribution in [0.2, 0.25) is 0 Å². The number of allylic oxidation sites excluding steroid dienone is 1. The van der Waals surface area contributed by atoms with E-state index in [4.69, 9.17) is 0 Å². The first kappa shape index (κ1) is 11.1. The highest BCUT2D eigenvalue weighted by atomic mass is 16.1. The minimum atomic E-state index is -0.215. The number of benzene rings is 1. The molecule has 0 radical (unpaired) electrons. The third kappa shape index (κ3) is 2.22. The Morgan fingerprint density at radius 3 is 2.56 bits per heavy atom. The summed E-state index contributed by atoms with van der Waals surface area (Å²) in [4.78, 5) is 12.1. The van der Waals surface area contributed by atoms with Gasteiger partial charge in [0.1, 0.15) is 5.78 Å². The van der Waals surface area contributed by atoms with E-state index < -0.39 is 0 Å². The van der Waals surface area contributed by atoms with Crippen LogP contribution in [-0.4, -0.2) is 12.3 Å². The van der Waals surface area contributed by atoms with Crippen LogP contribution in [0.1, 0.15) is 25.8 Å². The van der Waals surface area contributed by atoms with Gasteiger partial charge in [-0.25, -0.2) is 0 Å². The van der Waals surface area contributed by atoms with Crippen molar-refractivity contribution in [2.24, 2.45) is 5.41 Å². The van der Waals surface area contributed by atoms with Gasteiger partial charge in [0.2, 0.25) is 0 Å². The second kappa shape index (κ2) is 4.22. The van der Waals surface area contributed by atoms with Gasteiger partial charge in [-0.3, -0.25) is 4.79 Å². The molecule has 0 spiro atoms. The van der Waals surface area contributed by atoms with Gasteiger partial charge in [-0.2, -0.15) is 0 Å². The summed E-state index contributed by atoms with van der Waals surface area (Å²) in [6.45, 7) is 4.88. The van der Waals surface area contributed by atoms with Crippen LogP contribution in [0.5, 0.6) is 0 Å². The molecule has 0 atom stereocenters. The predicted molar refractivity (Wildman–Crippen MR) is 64.6 cm³/mol. The largest absolute Gasteiger partial charge is 0.319 e. The summed E-state index contributed by atoms with van der Waals surface area (Å²) in [5, 5.41) is 2.12. The lowest BCUT2D eigenvalue weighted by Crippen LogP contribution is -2.81. The van der Waals surface area contributed by atoms with Crippen molar-refractivity contribution >= 4 is 11.4 Å². The molecule has 0 fully saturated rings. The maximum atomic E-state index is 12.1. The molecular formula is C14H18NO+. The zero-order chi connectivity index (χ0) is 11.6. The number of hydrogen-bond acceptors (Lipinski definition) is 1. The van der Waals surface area contributed by atoms with Crippen LogP contribution in [-0.2, 0) is 4.79 Å². The van der Waals surface area contributed by atoms with Crippen LogP contribution in [0, 0.1) is 5.41 Å². The minimum absolute atomic E-state index is 0.215. The average molecular weight is 216 g/mol. The predicted octanol–water partition coefficient (Wildman–Crippen LogP) is 1.59. The summed E-state index contributed by atoms with van der Waals surface area (Å²) in [6.07, 6.45) is 2.65. The summed E-state index contributed by atoms with van der Waals surface area (Å²) in [5.74, 6) is 0.330. The van der Waals surface area contributed by atoms with Gasteiger partial charge in [0, 0.05) is 12.0 Å². The number of Topliss-reactive ketones (excluding diaryl/α,β-unsaturated/α-hetero) is 1. The molecule has 2 nitrogen and oxygen atoms in total. The maximum absolute atomic E-state index is 12.1. The van der Waals surface area contributed by atoms with E-state index in [9.17, 15) is 4.79 Å². The first-order valence-corrected chi connectivity index (χ1v) is 5.71. The van der Waals surface area contributed by atoms with Gasteiger partial charge in [0.25, 0.3) is 0 Å². The molecule has 0 bridgehead atoms. The lowest BCUT2D eigenvalue weighted by atomic mass is 9.85. The lowest BCUT2D eigenvalue weighted by Gasteiger charge is -2.17. The van der Waals surface area contributed by atoms with Crippen molar-refractivity contribution in [1.29, 1.82) is 0 Å². The van der Waals surface area contributed by atoms with E-state index in [1.54, 1.807) is 0 Å². The number of rotatable bonds is 1. The van der Waals surface area contributed by atoms with Crippen molar-refractivity contribution in [3.63, 3.8) is 0 Å². The number of quaternary nitrogens is 1. The summed E-state index contributed by atoms with van der Waals surface area (Å²) in [7, 11) is 0. The van der Waals surface area contributed by atoms with Crippen molar-refractivity contribution in [1.82, 2.24) is 0 Å². The first-order valence-electron chi connectivity index (χ1n) is 5.71. The Hall–Kier alpha value is -1.41. The fourth-order valence-electron chi connectivity index (χ4n) is 1.93. The van der Waals surface area contributed by atoms with E-state index in [2.05, 4.69) is 23.6 Å². The number of carbonyl (C=O) groups excluding carboxylic acids is 1. The molecule has 0 amide bonds. The summed E-state index contributed by atoms with van der Waals surface area (Å²) in [6, 6.07) is 10.1. The van der Waals surface area contributed by atoms with Crippen LogP contribution >= 0.6 is 0 Å². The molecule has 2 rings (SSSR count). The average Bonchev–Trinajstić information content (AvgIpc) is 2.40. The Morgan fingerprint density at radius 1 is 1.19 bits per heavy atom. The molecule has 84 valence electrons. The Morgan fingerprint density at radius 2 is 1.88 bits per heavy atom. The Bertz CT molecular complexity index is 418. The Kier molecular flexibility index (Phi) is 2.92. The van der Waals surface area contributed by atoms with Gasteiger partial charge in [0.05, 0.1) is 18.2 Å².